The fourth-order valence-corrected chi connectivity index (χ4v) is 3.78. The van der Waals surface area contributed by atoms with Crippen LogP contribution in [0.5, 0.6) is 11.5 Å². The van der Waals surface area contributed by atoms with E-state index in [4.69, 9.17) is 32.7 Å². The van der Waals surface area contributed by atoms with Crippen LogP contribution in [0.15, 0.2) is 59.7 Å². The number of ether oxygens (including phenoxy) is 2. The number of benzene rings is 3. The van der Waals surface area contributed by atoms with Gasteiger partial charge in [-0.1, -0.05) is 47.0 Å². The number of rotatable bonds is 9. The highest BCUT2D eigenvalue weighted by molar-refractivity contribution is 6.39. The minimum atomic E-state index is -0.980. The van der Waals surface area contributed by atoms with Crippen molar-refractivity contribution < 1.29 is 23.9 Å². The van der Waals surface area contributed by atoms with Gasteiger partial charge in [-0.3, -0.25) is 14.4 Å². The SMILES string of the molecule is CCOc1cc(/C=N\NC(=O)C(=O)Nc2cccc(Cl)c2)cc(Cl)c1OCC(=O)Nc1ccc(C)cc1C. The van der Waals surface area contributed by atoms with Crippen molar-refractivity contribution in [3.05, 3.63) is 81.3 Å². The molecular formula is C27H26Cl2N4O5. The summed E-state index contributed by atoms with van der Waals surface area (Å²) in [4.78, 5) is 36.5. The Bertz CT molecular complexity index is 1380. The smallest absolute Gasteiger partial charge is 0.329 e. The second-order valence-electron chi connectivity index (χ2n) is 8.08. The topological polar surface area (TPSA) is 118 Å². The van der Waals surface area contributed by atoms with Gasteiger partial charge in [0.2, 0.25) is 0 Å². The summed E-state index contributed by atoms with van der Waals surface area (Å²) in [5.41, 5.74) is 5.68. The molecule has 0 unspecified atom stereocenters. The molecule has 3 amide bonds. The molecule has 0 aliphatic carbocycles. The first kappa shape index (κ1) is 28.5. The summed E-state index contributed by atoms with van der Waals surface area (Å²) in [5, 5.41) is 9.61. The Hall–Kier alpha value is -4.08. The van der Waals surface area contributed by atoms with Gasteiger partial charge in [-0.15, -0.1) is 0 Å². The molecule has 38 heavy (non-hydrogen) atoms. The van der Waals surface area contributed by atoms with E-state index in [-0.39, 0.29) is 29.0 Å². The van der Waals surface area contributed by atoms with Gasteiger partial charge in [0.05, 0.1) is 17.8 Å². The second kappa shape index (κ2) is 13.5. The number of carbonyl (C=O) groups excluding carboxylic acids is 3. The van der Waals surface area contributed by atoms with Gasteiger partial charge in [0.15, 0.2) is 18.1 Å². The quantitative estimate of drug-likeness (QED) is 0.192. The molecule has 0 spiro atoms. The van der Waals surface area contributed by atoms with Crippen molar-refractivity contribution in [1.82, 2.24) is 5.43 Å². The molecule has 0 heterocycles. The van der Waals surface area contributed by atoms with E-state index in [9.17, 15) is 14.4 Å². The van der Waals surface area contributed by atoms with Crippen LogP contribution in [0.4, 0.5) is 11.4 Å². The number of amides is 3. The molecule has 0 saturated heterocycles. The van der Waals surface area contributed by atoms with Crippen LogP contribution in [0, 0.1) is 13.8 Å². The first-order valence-electron chi connectivity index (χ1n) is 11.5. The van der Waals surface area contributed by atoms with Gasteiger partial charge >= 0.3 is 11.8 Å². The highest BCUT2D eigenvalue weighted by atomic mass is 35.5. The summed E-state index contributed by atoms with van der Waals surface area (Å²) in [6.45, 7) is 5.67. The van der Waals surface area contributed by atoms with E-state index in [1.807, 2.05) is 32.0 Å². The number of hydrogen-bond acceptors (Lipinski definition) is 6. The van der Waals surface area contributed by atoms with Crippen LogP contribution < -0.4 is 25.5 Å². The maximum atomic E-state index is 12.4. The number of hydrogen-bond donors (Lipinski definition) is 3. The molecule has 0 fully saturated rings. The van der Waals surface area contributed by atoms with E-state index in [0.717, 1.165) is 11.1 Å². The summed E-state index contributed by atoms with van der Waals surface area (Å²) in [7, 11) is 0. The Morgan fingerprint density at radius 3 is 2.45 bits per heavy atom. The lowest BCUT2D eigenvalue weighted by Gasteiger charge is -2.15. The average molecular weight is 557 g/mol. The van der Waals surface area contributed by atoms with Gasteiger partial charge in [-0.2, -0.15) is 5.10 Å². The summed E-state index contributed by atoms with van der Waals surface area (Å²) in [5.74, 6) is -1.79. The van der Waals surface area contributed by atoms with Crippen molar-refractivity contribution in [2.75, 3.05) is 23.8 Å². The second-order valence-corrected chi connectivity index (χ2v) is 8.93. The van der Waals surface area contributed by atoms with Crippen molar-refractivity contribution in [1.29, 1.82) is 0 Å². The average Bonchev–Trinajstić information content (AvgIpc) is 2.85. The van der Waals surface area contributed by atoms with Crippen molar-refractivity contribution in [3.8, 4) is 11.5 Å². The summed E-state index contributed by atoms with van der Waals surface area (Å²) < 4.78 is 11.3. The molecule has 11 heteroatoms. The van der Waals surface area contributed by atoms with Crippen LogP contribution in [0.3, 0.4) is 0 Å². The number of aryl methyl sites for hydroxylation is 2. The fourth-order valence-electron chi connectivity index (χ4n) is 3.31. The predicted octanol–water partition coefficient (Wildman–Crippen LogP) is 5.12. The third-order valence-corrected chi connectivity index (χ3v) is 5.52. The van der Waals surface area contributed by atoms with Crippen molar-refractivity contribution >= 4 is 58.5 Å². The van der Waals surface area contributed by atoms with Crippen LogP contribution in [0.1, 0.15) is 23.6 Å². The van der Waals surface area contributed by atoms with Crippen molar-refractivity contribution in [2.24, 2.45) is 5.10 Å². The minimum absolute atomic E-state index is 0.168. The van der Waals surface area contributed by atoms with Crippen LogP contribution in [0.2, 0.25) is 10.0 Å². The Balaban J connectivity index is 1.62. The van der Waals surface area contributed by atoms with Crippen LogP contribution in [-0.4, -0.2) is 37.1 Å². The Morgan fingerprint density at radius 1 is 0.947 bits per heavy atom. The van der Waals surface area contributed by atoms with Gasteiger partial charge in [-0.25, -0.2) is 5.43 Å². The van der Waals surface area contributed by atoms with E-state index in [0.29, 0.717) is 28.6 Å². The van der Waals surface area contributed by atoms with E-state index in [1.165, 1.54) is 18.3 Å². The highest BCUT2D eigenvalue weighted by Gasteiger charge is 2.16. The van der Waals surface area contributed by atoms with Crippen LogP contribution in [-0.2, 0) is 14.4 Å². The van der Waals surface area contributed by atoms with E-state index in [2.05, 4.69) is 21.2 Å². The lowest BCUT2D eigenvalue weighted by atomic mass is 10.1. The largest absolute Gasteiger partial charge is 0.490 e. The molecule has 0 atom stereocenters. The van der Waals surface area contributed by atoms with Gasteiger partial charge in [0.25, 0.3) is 5.91 Å². The fraction of sp³-hybridized carbons (Fsp3) is 0.185. The third-order valence-electron chi connectivity index (χ3n) is 5.00. The molecule has 3 aromatic carbocycles. The molecule has 0 aliphatic rings. The molecule has 3 rings (SSSR count). The highest BCUT2D eigenvalue weighted by Crippen LogP contribution is 2.36. The van der Waals surface area contributed by atoms with Gasteiger partial charge < -0.3 is 20.1 Å². The van der Waals surface area contributed by atoms with Crippen LogP contribution in [0.25, 0.3) is 0 Å². The molecule has 0 radical (unpaired) electrons. The van der Waals surface area contributed by atoms with E-state index < -0.39 is 11.8 Å². The zero-order valence-corrected chi connectivity index (χ0v) is 22.4. The summed E-state index contributed by atoms with van der Waals surface area (Å²) in [6, 6.07) is 15.2. The molecule has 198 valence electrons. The molecule has 0 aliphatic heterocycles. The first-order valence-corrected chi connectivity index (χ1v) is 12.3. The Labute approximate surface area is 230 Å². The number of hydrazone groups is 1. The zero-order valence-electron chi connectivity index (χ0n) is 20.9. The Morgan fingerprint density at radius 2 is 1.74 bits per heavy atom. The lowest BCUT2D eigenvalue weighted by Crippen LogP contribution is -2.32. The minimum Gasteiger partial charge on any atom is -0.490 e. The molecule has 0 aromatic heterocycles. The molecule has 3 aromatic rings. The first-order chi connectivity index (χ1) is 18.2. The van der Waals surface area contributed by atoms with Crippen LogP contribution >= 0.6 is 23.2 Å². The maximum absolute atomic E-state index is 12.4. The van der Waals surface area contributed by atoms with Gasteiger partial charge in [0.1, 0.15) is 0 Å². The van der Waals surface area contributed by atoms with E-state index >= 15 is 0 Å². The monoisotopic (exact) mass is 556 g/mol. The normalized spacial score (nSPS) is 10.7. The number of halogens is 2. The van der Waals surface area contributed by atoms with E-state index in [1.54, 1.807) is 31.2 Å². The molecule has 3 N–H and O–H groups in total. The van der Waals surface area contributed by atoms with Gasteiger partial charge in [0, 0.05) is 16.4 Å². The zero-order chi connectivity index (χ0) is 27.7. The van der Waals surface area contributed by atoms with Gasteiger partial charge in [-0.05, 0) is 68.3 Å². The number of nitrogens with zero attached hydrogens (tertiary/aromatic N) is 1. The summed E-state index contributed by atoms with van der Waals surface area (Å²) >= 11 is 12.3. The molecule has 9 nitrogen and oxygen atoms in total. The Kier molecular flexibility index (Phi) is 10.1. The molecule has 0 bridgehead atoms. The predicted molar refractivity (Wildman–Crippen MR) is 148 cm³/mol. The standard InChI is InChI=1S/C27H26Cl2N4O5/c1-4-37-23-12-18(14-30-33-27(36)26(35)31-20-7-5-6-19(28)13-20)11-21(29)25(23)38-15-24(34)32-22-9-8-16(2)10-17(22)3/h5-14H,4,15H2,1-3H3,(H,31,35)(H,32,34)(H,33,36)/b30-14-. The van der Waals surface area contributed by atoms with Crippen molar-refractivity contribution in [3.63, 3.8) is 0 Å². The van der Waals surface area contributed by atoms with Crippen molar-refractivity contribution in [2.45, 2.75) is 20.8 Å². The number of nitrogens with one attached hydrogen (secondary N) is 3. The molecular weight excluding hydrogens is 531 g/mol. The maximum Gasteiger partial charge on any atom is 0.329 e. The third kappa shape index (κ3) is 8.22. The number of carbonyl (C=O) groups is 3. The lowest BCUT2D eigenvalue weighted by molar-refractivity contribution is -0.136. The molecule has 0 saturated carbocycles. The summed E-state index contributed by atoms with van der Waals surface area (Å²) in [6.07, 6.45) is 1.29. The number of anilines is 2.